The van der Waals surface area contributed by atoms with Crippen LogP contribution in [0.1, 0.15) is 5.56 Å². The largest absolute Gasteiger partial charge is 0.468 e. The molecule has 19 heavy (non-hydrogen) atoms. The van der Waals surface area contributed by atoms with E-state index in [-0.39, 0.29) is 13.1 Å². The number of methoxy groups -OCH3 is 2. The van der Waals surface area contributed by atoms with Crippen LogP contribution < -0.4 is 10.6 Å². The SMILES string of the molecule is COC(=O)CN(CC(=O)OC)c1ncc(N)cc1C. The molecule has 0 aliphatic heterocycles. The highest BCUT2D eigenvalue weighted by atomic mass is 16.5. The predicted octanol–water partition coefficient (Wildman–Crippen LogP) is 0.125. The van der Waals surface area contributed by atoms with E-state index in [0.717, 1.165) is 5.56 Å². The maximum Gasteiger partial charge on any atom is 0.325 e. The molecule has 1 rings (SSSR count). The Labute approximate surface area is 111 Å². The number of anilines is 2. The van der Waals surface area contributed by atoms with Crippen molar-refractivity contribution < 1.29 is 19.1 Å². The summed E-state index contributed by atoms with van der Waals surface area (Å²) in [5.74, 6) is -0.450. The van der Waals surface area contributed by atoms with Gasteiger partial charge in [-0.2, -0.15) is 0 Å². The summed E-state index contributed by atoms with van der Waals surface area (Å²) in [6, 6.07) is 1.71. The fourth-order valence-electron chi connectivity index (χ4n) is 1.57. The average molecular weight is 267 g/mol. The van der Waals surface area contributed by atoms with Gasteiger partial charge in [-0.05, 0) is 18.6 Å². The van der Waals surface area contributed by atoms with Crippen LogP contribution in [-0.4, -0.2) is 44.2 Å². The predicted molar refractivity (Wildman–Crippen MR) is 69.6 cm³/mol. The summed E-state index contributed by atoms with van der Waals surface area (Å²) in [5, 5.41) is 0. The molecule has 0 amide bonds. The molecule has 1 aromatic heterocycles. The molecule has 1 heterocycles. The number of ether oxygens (including phenoxy) is 2. The molecule has 0 aliphatic carbocycles. The molecule has 7 nitrogen and oxygen atoms in total. The van der Waals surface area contributed by atoms with Crippen LogP contribution in [0.25, 0.3) is 0 Å². The molecule has 0 aliphatic rings. The van der Waals surface area contributed by atoms with Crippen molar-refractivity contribution in [3.8, 4) is 0 Å². The van der Waals surface area contributed by atoms with Crippen LogP contribution in [0.3, 0.4) is 0 Å². The van der Waals surface area contributed by atoms with Gasteiger partial charge in [0.1, 0.15) is 18.9 Å². The van der Waals surface area contributed by atoms with Crippen molar-refractivity contribution in [1.82, 2.24) is 4.98 Å². The second-order valence-corrected chi connectivity index (χ2v) is 3.92. The van der Waals surface area contributed by atoms with Crippen LogP contribution in [0.5, 0.6) is 0 Å². The van der Waals surface area contributed by atoms with Gasteiger partial charge in [0, 0.05) is 0 Å². The number of hydrogen-bond acceptors (Lipinski definition) is 7. The van der Waals surface area contributed by atoms with Crippen molar-refractivity contribution in [2.24, 2.45) is 0 Å². The number of nitrogen functional groups attached to an aromatic ring is 1. The Balaban J connectivity index is 3.00. The Morgan fingerprint density at radius 3 is 2.21 bits per heavy atom. The summed E-state index contributed by atoms with van der Waals surface area (Å²) in [4.78, 5) is 28.4. The van der Waals surface area contributed by atoms with Crippen molar-refractivity contribution in [1.29, 1.82) is 0 Å². The molecule has 1 aromatic rings. The van der Waals surface area contributed by atoms with Gasteiger partial charge >= 0.3 is 11.9 Å². The average Bonchev–Trinajstić information content (AvgIpc) is 2.37. The number of aromatic nitrogens is 1. The van der Waals surface area contributed by atoms with Crippen LogP contribution in [0, 0.1) is 6.92 Å². The molecular weight excluding hydrogens is 250 g/mol. The number of hydrogen-bond donors (Lipinski definition) is 1. The monoisotopic (exact) mass is 267 g/mol. The first-order valence-electron chi connectivity index (χ1n) is 5.58. The van der Waals surface area contributed by atoms with Crippen molar-refractivity contribution >= 4 is 23.4 Å². The fourth-order valence-corrected chi connectivity index (χ4v) is 1.57. The highest BCUT2D eigenvalue weighted by Gasteiger charge is 2.18. The number of pyridine rings is 1. The zero-order valence-electron chi connectivity index (χ0n) is 11.2. The fraction of sp³-hybridized carbons (Fsp3) is 0.417. The lowest BCUT2D eigenvalue weighted by molar-refractivity contribution is -0.140. The van der Waals surface area contributed by atoms with Crippen molar-refractivity contribution in [3.63, 3.8) is 0 Å². The van der Waals surface area contributed by atoms with E-state index in [4.69, 9.17) is 5.73 Å². The van der Waals surface area contributed by atoms with Gasteiger partial charge in [-0.15, -0.1) is 0 Å². The molecule has 0 unspecified atom stereocenters. The molecule has 0 aromatic carbocycles. The first kappa shape index (κ1) is 14.7. The smallest absolute Gasteiger partial charge is 0.325 e. The molecular formula is C12H17N3O4. The van der Waals surface area contributed by atoms with E-state index in [2.05, 4.69) is 14.5 Å². The lowest BCUT2D eigenvalue weighted by Crippen LogP contribution is -2.36. The standard InChI is InChI=1S/C12H17N3O4/c1-8-4-9(13)5-14-12(8)15(6-10(16)18-2)7-11(17)19-3/h4-5H,6-7,13H2,1-3H3. The van der Waals surface area contributed by atoms with Crippen LogP contribution in [0.15, 0.2) is 12.3 Å². The Morgan fingerprint density at radius 1 is 1.26 bits per heavy atom. The lowest BCUT2D eigenvalue weighted by Gasteiger charge is -2.22. The third-order valence-corrected chi connectivity index (χ3v) is 2.47. The molecule has 0 spiro atoms. The first-order valence-corrected chi connectivity index (χ1v) is 5.58. The summed E-state index contributed by atoms with van der Waals surface area (Å²) < 4.78 is 9.19. The topological polar surface area (TPSA) is 94.8 Å². The van der Waals surface area contributed by atoms with Gasteiger partial charge in [0.15, 0.2) is 0 Å². The number of carbonyl (C=O) groups excluding carboxylic acids is 2. The van der Waals surface area contributed by atoms with E-state index in [1.54, 1.807) is 13.0 Å². The van der Waals surface area contributed by atoms with Crippen molar-refractivity contribution in [3.05, 3.63) is 17.8 Å². The van der Waals surface area contributed by atoms with Crippen LogP contribution in [-0.2, 0) is 19.1 Å². The van der Waals surface area contributed by atoms with Gasteiger partial charge in [0.2, 0.25) is 0 Å². The van der Waals surface area contributed by atoms with E-state index in [1.807, 2.05) is 0 Å². The van der Waals surface area contributed by atoms with Gasteiger partial charge in [-0.3, -0.25) is 9.59 Å². The van der Waals surface area contributed by atoms with E-state index in [1.165, 1.54) is 25.3 Å². The summed E-state index contributed by atoms with van der Waals surface area (Å²) >= 11 is 0. The zero-order valence-corrected chi connectivity index (χ0v) is 11.2. The molecule has 0 saturated carbocycles. The number of esters is 2. The summed E-state index contributed by atoms with van der Waals surface area (Å²) in [7, 11) is 2.56. The second kappa shape index (κ2) is 6.58. The lowest BCUT2D eigenvalue weighted by atomic mass is 10.2. The normalized spacial score (nSPS) is 9.84. The minimum atomic E-state index is -0.470. The zero-order chi connectivity index (χ0) is 14.4. The minimum Gasteiger partial charge on any atom is -0.468 e. The molecule has 0 bridgehead atoms. The summed E-state index contributed by atoms with van der Waals surface area (Å²) in [6.07, 6.45) is 1.46. The van der Waals surface area contributed by atoms with Crippen LogP contribution in [0.2, 0.25) is 0 Å². The first-order chi connectivity index (χ1) is 8.97. The van der Waals surface area contributed by atoms with Crippen LogP contribution in [0.4, 0.5) is 11.5 Å². The van der Waals surface area contributed by atoms with Gasteiger partial charge < -0.3 is 20.1 Å². The Hall–Kier alpha value is -2.31. The molecule has 0 radical (unpaired) electrons. The third-order valence-electron chi connectivity index (χ3n) is 2.47. The Bertz CT molecular complexity index is 458. The van der Waals surface area contributed by atoms with Gasteiger partial charge in [0.25, 0.3) is 0 Å². The molecule has 0 saturated heterocycles. The number of carbonyl (C=O) groups is 2. The molecule has 0 fully saturated rings. The van der Waals surface area contributed by atoms with Crippen molar-refractivity contribution in [2.45, 2.75) is 6.92 Å². The Kier molecular flexibility index (Phi) is 5.11. The molecule has 2 N–H and O–H groups in total. The van der Waals surface area contributed by atoms with Gasteiger partial charge in [0.05, 0.1) is 26.1 Å². The van der Waals surface area contributed by atoms with E-state index in [0.29, 0.717) is 11.5 Å². The van der Waals surface area contributed by atoms with E-state index < -0.39 is 11.9 Å². The number of nitrogens with two attached hydrogens (primary N) is 1. The van der Waals surface area contributed by atoms with Gasteiger partial charge in [-0.25, -0.2) is 4.98 Å². The Morgan fingerprint density at radius 2 is 1.79 bits per heavy atom. The van der Waals surface area contributed by atoms with E-state index in [9.17, 15) is 9.59 Å². The van der Waals surface area contributed by atoms with Crippen LogP contribution >= 0.6 is 0 Å². The highest BCUT2D eigenvalue weighted by Crippen LogP contribution is 2.18. The van der Waals surface area contributed by atoms with Gasteiger partial charge in [-0.1, -0.05) is 0 Å². The molecule has 0 atom stereocenters. The number of nitrogens with zero attached hydrogens (tertiary/aromatic N) is 2. The second-order valence-electron chi connectivity index (χ2n) is 3.92. The quantitative estimate of drug-likeness (QED) is 0.757. The number of aryl methyl sites for hydroxylation is 1. The molecule has 7 heteroatoms. The minimum absolute atomic E-state index is 0.0939. The third kappa shape index (κ3) is 4.13. The highest BCUT2D eigenvalue weighted by molar-refractivity contribution is 5.81. The maximum absolute atomic E-state index is 11.4. The summed E-state index contributed by atoms with van der Waals surface area (Å²) in [6.45, 7) is 1.60. The summed E-state index contributed by atoms with van der Waals surface area (Å²) in [5.41, 5.74) is 6.89. The van der Waals surface area contributed by atoms with Crippen molar-refractivity contribution in [2.75, 3.05) is 37.9 Å². The maximum atomic E-state index is 11.4. The van der Waals surface area contributed by atoms with E-state index >= 15 is 0 Å². The number of rotatable bonds is 5. The molecule has 104 valence electrons.